The molecule has 2 rings (SSSR count). The lowest BCUT2D eigenvalue weighted by Crippen LogP contribution is -1.96. The molecule has 0 bridgehead atoms. The summed E-state index contributed by atoms with van der Waals surface area (Å²) in [6.45, 7) is 1.52. The maximum atomic E-state index is 11.2. The molecule has 0 fully saturated rings. The minimum atomic E-state index is 0.00688. The highest BCUT2D eigenvalue weighted by Crippen LogP contribution is 2.22. The lowest BCUT2D eigenvalue weighted by molar-refractivity contribution is 0.101. The van der Waals surface area contributed by atoms with Crippen LogP contribution in [0.1, 0.15) is 22.2 Å². The zero-order valence-electron chi connectivity index (χ0n) is 9.10. The van der Waals surface area contributed by atoms with E-state index in [0.29, 0.717) is 16.3 Å². The van der Waals surface area contributed by atoms with E-state index < -0.39 is 0 Å². The molecule has 0 aliphatic carbocycles. The van der Waals surface area contributed by atoms with Crippen LogP contribution in [0.15, 0.2) is 29.8 Å². The highest BCUT2D eigenvalue weighted by atomic mass is 32.1. The number of anilines is 2. The molecule has 0 saturated heterocycles. The molecule has 0 atom stereocenters. The number of Topliss-reactive ketones (excluding diaryl/α,β-unsaturated/α-hetero) is 1. The molecule has 0 saturated carbocycles. The first-order chi connectivity index (χ1) is 8.20. The van der Waals surface area contributed by atoms with Crippen molar-refractivity contribution in [3.8, 4) is 6.07 Å². The normalized spacial score (nSPS) is 9.65. The first kappa shape index (κ1) is 11.3. The van der Waals surface area contributed by atoms with Crippen LogP contribution in [0.3, 0.4) is 0 Å². The third kappa shape index (κ3) is 2.49. The minimum absolute atomic E-state index is 0.00688. The number of carbonyl (C=O) groups is 1. The monoisotopic (exact) mass is 243 g/mol. The van der Waals surface area contributed by atoms with Crippen LogP contribution in [0.5, 0.6) is 0 Å². The zero-order chi connectivity index (χ0) is 12.3. The second-order valence-electron chi connectivity index (χ2n) is 3.40. The predicted molar refractivity (Wildman–Crippen MR) is 66.6 cm³/mol. The summed E-state index contributed by atoms with van der Waals surface area (Å²) in [4.78, 5) is 15.8. The molecule has 5 heteroatoms. The molecule has 1 N–H and O–H groups in total. The molecule has 4 nitrogen and oxygen atoms in total. The molecular formula is C12H9N3OS. The van der Waals surface area contributed by atoms with Crippen molar-refractivity contribution < 1.29 is 4.79 Å². The quantitative estimate of drug-likeness (QED) is 0.842. The summed E-state index contributed by atoms with van der Waals surface area (Å²) < 4.78 is 0. The Hall–Kier alpha value is -2.19. The van der Waals surface area contributed by atoms with E-state index in [2.05, 4.69) is 16.4 Å². The number of ketones is 1. The van der Waals surface area contributed by atoms with E-state index in [1.54, 1.807) is 23.7 Å². The topological polar surface area (TPSA) is 65.8 Å². The fourth-order valence-corrected chi connectivity index (χ4v) is 1.90. The SMILES string of the molecule is CC(=O)c1cccc(Nc2ncsc2C#N)c1. The van der Waals surface area contributed by atoms with Gasteiger partial charge in [0.1, 0.15) is 10.9 Å². The van der Waals surface area contributed by atoms with Gasteiger partial charge in [-0.15, -0.1) is 11.3 Å². The minimum Gasteiger partial charge on any atom is -0.338 e. The van der Waals surface area contributed by atoms with E-state index in [0.717, 1.165) is 5.69 Å². The molecule has 2 aromatic rings. The van der Waals surface area contributed by atoms with Crippen LogP contribution in [0, 0.1) is 11.3 Å². The lowest BCUT2D eigenvalue weighted by atomic mass is 10.1. The number of rotatable bonds is 3. The van der Waals surface area contributed by atoms with Gasteiger partial charge < -0.3 is 5.32 Å². The fourth-order valence-electron chi connectivity index (χ4n) is 1.37. The maximum Gasteiger partial charge on any atom is 0.159 e. The number of nitrogens with zero attached hydrogens (tertiary/aromatic N) is 2. The molecule has 1 heterocycles. The summed E-state index contributed by atoms with van der Waals surface area (Å²) >= 11 is 1.28. The van der Waals surface area contributed by atoms with Gasteiger partial charge in [0.15, 0.2) is 11.6 Å². The van der Waals surface area contributed by atoms with Crippen LogP contribution in [0.2, 0.25) is 0 Å². The number of nitriles is 1. The Labute approximate surface area is 103 Å². The van der Waals surface area contributed by atoms with Gasteiger partial charge in [-0.3, -0.25) is 4.79 Å². The van der Waals surface area contributed by atoms with Crippen molar-refractivity contribution in [2.75, 3.05) is 5.32 Å². The van der Waals surface area contributed by atoms with E-state index in [4.69, 9.17) is 5.26 Å². The van der Waals surface area contributed by atoms with Crippen molar-refractivity contribution in [3.63, 3.8) is 0 Å². The van der Waals surface area contributed by atoms with Gasteiger partial charge >= 0.3 is 0 Å². The van der Waals surface area contributed by atoms with Gasteiger partial charge in [0.2, 0.25) is 0 Å². The smallest absolute Gasteiger partial charge is 0.159 e. The molecule has 0 aliphatic heterocycles. The van der Waals surface area contributed by atoms with Crippen molar-refractivity contribution in [2.24, 2.45) is 0 Å². The summed E-state index contributed by atoms with van der Waals surface area (Å²) in [6, 6.07) is 9.16. The molecule has 0 aliphatic rings. The van der Waals surface area contributed by atoms with Gasteiger partial charge in [-0.25, -0.2) is 4.98 Å². The first-order valence-corrected chi connectivity index (χ1v) is 5.80. The molecule has 17 heavy (non-hydrogen) atoms. The first-order valence-electron chi connectivity index (χ1n) is 4.92. The van der Waals surface area contributed by atoms with E-state index in [9.17, 15) is 4.79 Å². The summed E-state index contributed by atoms with van der Waals surface area (Å²) in [6.07, 6.45) is 0. The number of aromatic nitrogens is 1. The molecule has 0 unspecified atom stereocenters. The summed E-state index contributed by atoms with van der Waals surface area (Å²) in [5.41, 5.74) is 2.99. The van der Waals surface area contributed by atoms with Gasteiger partial charge in [0, 0.05) is 11.3 Å². The van der Waals surface area contributed by atoms with Crippen LogP contribution in [0.25, 0.3) is 0 Å². The Morgan fingerprint density at radius 3 is 3.06 bits per heavy atom. The summed E-state index contributed by atoms with van der Waals surface area (Å²) in [5.74, 6) is 0.533. The van der Waals surface area contributed by atoms with Crippen LogP contribution in [0.4, 0.5) is 11.5 Å². The molecule has 1 aromatic heterocycles. The van der Waals surface area contributed by atoms with Crippen LogP contribution >= 0.6 is 11.3 Å². The third-order valence-electron chi connectivity index (χ3n) is 2.20. The highest BCUT2D eigenvalue weighted by molar-refractivity contribution is 7.10. The van der Waals surface area contributed by atoms with Crippen LogP contribution in [-0.4, -0.2) is 10.8 Å². The van der Waals surface area contributed by atoms with Crippen LogP contribution < -0.4 is 5.32 Å². The zero-order valence-corrected chi connectivity index (χ0v) is 9.91. The standard InChI is InChI=1S/C12H9N3OS/c1-8(16)9-3-2-4-10(5-9)15-12-11(6-13)17-7-14-12/h2-5,7,15H,1H3. The fraction of sp³-hybridized carbons (Fsp3) is 0.0833. The molecule has 0 spiro atoms. The van der Waals surface area contributed by atoms with Gasteiger partial charge in [-0.2, -0.15) is 5.26 Å². The van der Waals surface area contributed by atoms with Crippen molar-refractivity contribution in [2.45, 2.75) is 6.92 Å². The number of carbonyl (C=O) groups excluding carboxylic acids is 1. The summed E-state index contributed by atoms with van der Waals surface area (Å²) in [5, 5.41) is 11.9. The van der Waals surface area contributed by atoms with Gasteiger partial charge in [-0.05, 0) is 19.1 Å². The van der Waals surface area contributed by atoms with Crippen molar-refractivity contribution >= 4 is 28.6 Å². The van der Waals surface area contributed by atoms with E-state index in [1.807, 2.05) is 6.07 Å². The Kier molecular flexibility index (Phi) is 3.17. The van der Waals surface area contributed by atoms with Gasteiger partial charge in [0.05, 0.1) is 5.51 Å². The molecule has 0 radical (unpaired) electrons. The average Bonchev–Trinajstić information content (AvgIpc) is 2.76. The predicted octanol–water partition coefficient (Wildman–Crippen LogP) is 2.96. The third-order valence-corrected chi connectivity index (χ3v) is 2.93. The Morgan fingerprint density at radius 1 is 1.53 bits per heavy atom. The molecule has 1 aromatic carbocycles. The molecule has 0 amide bonds. The summed E-state index contributed by atoms with van der Waals surface area (Å²) in [7, 11) is 0. The van der Waals surface area contributed by atoms with Gasteiger partial charge in [-0.1, -0.05) is 12.1 Å². The largest absolute Gasteiger partial charge is 0.338 e. The van der Waals surface area contributed by atoms with Crippen molar-refractivity contribution in [3.05, 3.63) is 40.2 Å². The van der Waals surface area contributed by atoms with E-state index in [-0.39, 0.29) is 5.78 Å². The van der Waals surface area contributed by atoms with Gasteiger partial charge in [0.25, 0.3) is 0 Å². The maximum absolute atomic E-state index is 11.2. The number of hydrogen-bond acceptors (Lipinski definition) is 5. The Bertz CT molecular complexity index is 598. The molecular weight excluding hydrogens is 234 g/mol. The van der Waals surface area contributed by atoms with Crippen LogP contribution in [-0.2, 0) is 0 Å². The van der Waals surface area contributed by atoms with E-state index in [1.165, 1.54) is 18.3 Å². The number of nitrogens with one attached hydrogen (secondary N) is 1. The van der Waals surface area contributed by atoms with E-state index >= 15 is 0 Å². The Morgan fingerprint density at radius 2 is 2.35 bits per heavy atom. The second kappa shape index (κ2) is 4.76. The highest BCUT2D eigenvalue weighted by Gasteiger charge is 2.06. The molecule has 84 valence electrons. The van der Waals surface area contributed by atoms with Crippen molar-refractivity contribution in [1.29, 1.82) is 5.26 Å². The number of benzene rings is 1. The second-order valence-corrected chi connectivity index (χ2v) is 4.26. The number of thiazole rings is 1. The Balaban J connectivity index is 2.28. The lowest BCUT2D eigenvalue weighted by Gasteiger charge is -2.04. The van der Waals surface area contributed by atoms with Crippen molar-refractivity contribution in [1.82, 2.24) is 4.98 Å². The number of hydrogen-bond donors (Lipinski definition) is 1. The average molecular weight is 243 g/mol.